The fourth-order valence-electron chi connectivity index (χ4n) is 3.29. The van der Waals surface area contributed by atoms with Crippen LogP contribution >= 0.6 is 11.8 Å². The lowest BCUT2D eigenvalue weighted by Gasteiger charge is -2.32. The van der Waals surface area contributed by atoms with Crippen LogP contribution < -0.4 is 10.6 Å². The number of thioether (sulfide) groups is 1. The molecule has 28 heavy (non-hydrogen) atoms. The van der Waals surface area contributed by atoms with Gasteiger partial charge in [0.05, 0.1) is 11.3 Å². The van der Waals surface area contributed by atoms with Crippen molar-refractivity contribution in [2.45, 2.75) is 30.7 Å². The van der Waals surface area contributed by atoms with Crippen molar-refractivity contribution in [3.63, 3.8) is 0 Å². The van der Waals surface area contributed by atoms with E-state index in [4.69, 9.17) is 0 Å². The minimum absolute atomic E-state index is 0.0524. The summed E-state index contributed by atoms with van der Waals surface area (Å²) in [6.07, 6.45) is 1.94. The zero-order chi connectivity index (χ0) is 19.9. The quantitative estimate of drug-likeness (QED) is 0.732. The van der Waals surface area contributed by atoms with Crippen molar-refractivity contribution in [3.8, 4) is 0 Å². The number of amides is 2. The van der Waals surface area contributed by atoms with Crippen LogP contribution in [0.2, 0.25) is 0 Å². The maximum absolute atomic E-state index is 13.0. The second kappa shape index (κ2) is 9.75. The van der Waals surface area contributed by atoms with Crippen LogP contribution in [0.15, 0.2) is 53.4 Å². The van der Waals surface area contributed by atoms with E-state index in [1.54, 1.807) is 0 Å². The number of nitrogens with one attached hydrogen (secondary N) is 2. The molecule has 1 aliphatic rings. The van der Waals surface area contributed by atoms with Crippen molar-refractivity contribution in [2.24, 2.45) is 0 Å². The lowest BCUT2D eigenvalue weighted by atomic mass is 10.0. The van der Waals surface area contributed by atoms with Crippen molar-refractivity contribution in [1.82, 2.24) is 10.2 Å². The summed E-state index contributed by atoms with van der Waals surface area (Å²) in [5, 5.41) is 6.18. The average Bonchev–Trinajstić information content (AvgIpc) is 2.73. The summed E-state index contributed by atoms with van der Waals surface area (Å²) >= 11 is 1.40. The van der Waals surface area contributed by atoms with Crippen molar-refractivity contribution in [1.29, 1.82) is 0 Å². The van der Waals surface area contributed by atoms with Gasteiger partial charge in [0.2, 0.25) is 5.91 Å². The molecule has 2 aromatic rings. The van der Waals surface area contributed by atoms with E-state index in [0.29, 0.717) is 11.6 Å². The Balaban J connectivity index is 1.59. The topological polar surface area (TPSA) is 61.4 Å². The smallest absolute Gasteiger partial charge is 0.254 e. The van der Waals surface area contributed by atoms with E-state index in [-0.39, 0.29) is 17.6 Å². The fourth-order valence-corrected chi connectivity index (χ4v) is 4.13. The molecule has 1 aliphatic heterocycles. The van der Waals surface area contributed by atoms with Crippen molar-refractivity contribution < 1.29 is 9.59 Å². The van der Waals surface area contributed by atoms with Gasteiger partial charge < -0.3 is 15.5 Å². The Morgan fingerprint density at radius 2 is 1.75 bits per heavy atom. The third-order valence-electron chi connectivity index (χ3n) is 5.00. The molecule has 1 saturated heterocycles. The first-order chi connectivity index (χ1) is 13.6. The predicted octanol–water partition coefficient (Wildman–Crippen LogP) is 3.55. The molecule has 0 saturated carbocycles. The number of rotatable bonds is 6. The Kier molecular flexibility index (Phi) is 7.12. The van der Waals surface area contributed by atoms with Gasteiger partial charge in [0, 0.05) is 29.7 Å². The number of piperidine rings is 1. The van der Waals surface area contributed by atoms with Gasteiger partial charge in [-0.3, -0.25) is 9.59 Å². The minimum atomic E-state index is -0.0778. The largest absolute Gasteiger partial charge is 0.338 e. The summed E-state index contributed by atoms with van der Waals surface area (Å²) < 4.78 is 0. The van der Waals surface area contributed by atoms with Crippen LogP contribution in [0.25, 0.3) is 0 Å². The molecule has 2 amide bonds. The highest BCUT2D eigenvalue weighted by atomic mass is 32.2. The number of hydrogen-bond donors (Lipinski definition) is 2. The molecular formula is C22H27N3O2S. The average molecular weight is 398 g/mol. The zero-order valence-electron chi connectivity index (χ0n) is 16.4. The Morgan fingerprint density at radius 3 is 2.43 bits per heavy atom. The molecule has 148 valence electrons. The first-order valence-electron chi connectivity index (χ1n) is 9.61. The SMILES string of the molecule is CNC1CCN(C(=O)c2ccccc2SCC(=O)Nc2ccc(C)cc2)CC1. The van der Waals surface area contributed by atoms with Gasteiger partial charge in [-0.25, -0.2) is 0 Å². The highest BCUT2D eigenvalue weighted by Crippen LogP contribution is 2.25. The Hall–Kier alpha value is -2.31. The number of benzene rings is 2. The third kappa shape index (κ3) is 5.36. The van der Waals surface area contributed by atoms with Gasteiger partial charge in [-0.2, -0.15) is 0 Å². The van der Waals surface area contributed by atoms with Crippen molar-refractivity contribution >= 4 is 29.3 Å². The molecule has 0 unspecified atom stereocenters. The molecule has 0 aromatic heterocycles. The number of carbonyl (C=O) groups is 2. The molecule has 6 heteroatoms. The van der Waals surface area contributed by atoms with E-state index >= 15 is 0 Å². The Labute approximate surface area is 170 Å². The second-order valence-electron chi connectivity index (χ2n) is 7.05. The molecule has 5 nitrogen and oxygen atoms in total. The number of anilines is 1. The van der Waals surface area contributed by atoms with Crippen molar-refractivity contribution in [3.05, 3.63) is 59.7 Å². The van der Waals surface area contributed by atoms with Crippen LogP contribution in [-0.4, -0.2) is 48.6 Å². The van der Waals surface area contributed by atoms with Crippen LogP contribution in [0, 0.1) is 6.92 Å². The molecule has 0 bridgehead atoms. The normalized spacial score (nSPS) is 14.7. The van der Waals surface area contributed by atoms with Gasteiger partial charge in [-0.15, -0.1) is 11.8 Å². The maximum Gasteiger partial charge on any atom is 0.254 e. The van der Waals surface area contributed by atoms with Crippen LogP contribution in [-0.2, 0) is 4.79 Å². The summed E-state index contributed by atoms with van der Waals surface area (Å²) in [5.41, 5.74) is 2.62. The summed E-state index contributed by atoms with van der Waals surface area (Å²) in [5.74, 6) is 0.238. The molecular weight excluding hydrogens is 370 g/mol. The van der Waals surface area contributed by atoms with Crippen LogP contribution in [0.5, 0.6) is 0 Å². The van der Waals surface area contributed by atoms with E-state index in [1.807, 2.05) is 67.4 Å². The number of aryl methyl sites for hydroxylation is 1. The van der Waals surface area contributed by atoms with E-state index in [1.165, 1.54) is 11.8 Å². The summed E-state index contributed by atoms with van der Waals surface area (Å²) in [6.45, 7) is 3.53. The minimum Gasteiger partial charge on any atom is -0.338 e. The molecule has 3 rings (SSSR count). The molecule has 0 atom stereocenters. The molecule has 1 fully saturated rings. The summed E-state index contributed by atoms with van der Waals surface area (Å²) in [4.78, 5) is 28.0. The van der Waals surface area contributed by atoms with Gasteiger partial charge >= 0.3 is 0 Å². The molecule has 1 heterocycles. The zero-order valence-corrected chi connectivity index (χ0v) is 17.2. The standard InChI is InChI=1S/C22H27N3O2S/c1-16-7-9-18(10-8-16)24-21(26)15-28-20-6-4-3-5-19(20)22(27)25-13-11-17(23-2)12-14-25/h3-10,17,23H,11-15H2,1-2H3,(H,24,26). The van der Waals surface area contributed by atoms with Crippen LogP contribution in [0.1, 0.15) is 28.8 Å². The molecule has 2 aromatic carbocycles. The maximum atomic E-state index is 13.0. The second-order valence-corrected chi connectivity index (χ2v) is 8.07. The highest BCUT2D eigenvalue weighted by molar-refractivity contribution is 8.00. The summed E-state index contributed by atoms with van der Waals surface area (Å²) in [6, 6.07) is 15.8. The first-order valence-corrected chi connectivity index (χ1v) is 10.6. The lowest BCUT2D eigenvalue weighted by Crippen LogP contribution is -2.44. The third-order valence-corrected chi connectivity index (χ3v) is 6.08. The Morgan fingerprint density at radius 1 is 1.07 bits per heavy atom. The lowest BCUT2D eigenvalue weighted by molar-refractivity contribution is -0.113. The van der Waals surface area contributed by atoms with Crippen LogP contribution in [0.4, 0.5) is 5.69 Å². The van der Waals surface area contributed by atoms with Gasteiger partial charge in [0.15, 0.2) is 0 Å². The number of likely N-dealkylation sites (tertiary alicyclic amines) is 1. The number of carbonyl (C=O) groups excluding carboxylic acids is 2. The highest BCUT2D eigenvalue weighted by Gasteiger charge is 2.24. The van der Waals surface area contributed by atoms with Gasteiger partial charge in [0.1, 0.15) is 0 Å². The monoisotopic (exact) mass is 397 g/mol. The van der Waals surface area contributed by atoms with E-state index in [0.717, 1.165) is 42.1 Å². The predicted molar refractivity (Wildman–Crippen MR) is 115 cm³/mol. The van der Waals surface area contributed by atoms with E-state index < -0.39 is 0 Å². The molecule has 0 radical (unpaired) electrons. The Bertz CT molecular complexity index is 815. The van der Waals surface area contributed by atoms with E-state index in [2.05, 4.69) is 10.6 Å². The number of hydrogen-bond acceptors (Lipinski definition) is 4. The van der Waals surface area contributed by atoms with Gasteiger partial charge in [0.25, 0.3) is 5.91 Å². The molecule has 2 N–H and O–H groups in total. The van der Waals surface area contributed by atoms with Crippen molar-refractivity contribution in [2.75, 3.05) is 31.2 Å². The van der Waals surface area contributed by atoms with E-state index in [9.17, 15) is 9.59 Å². The van der Waals surface area contributed by atoms with Crippen LogP contribution in [0.3, 0.4) is 0 Å². The molecule has 0 aliphatic carbocycles. The van der Waals surface area contributed by atoms with Gasteiger partial charge in [-0.1, -0.05) is 29.8 Å². The fraction of sp³-hybridized carbons (Fsp3) is 0.364. The first kappa shape index (κ1) is 20.4. The summed E-state index contributed by atoms with van der Waals surface area (Å²) in [7, 11) is 1.97. The number of nitrogens with zero attached hydrogens (tertiary/aromatic N) is 1. The van der Waals surface area contributed by atoms with Gasteiger partial charge in [-0.05, 0) is 51.1 Å². The molecule has 0 spiro atoms.